The first-order chi connectivity index (χ1) is 11.1. The lowest BCUT2D eigenvalue weighted by atomic mass is 9.91. The van der Waals surface area contributed by atoms with Crippen LogP contribution in [-0.4, -0.2) is 34.8 Å². The number of unbranched alkanes of at least 4 members (excludes halogenated alkanes) is 2. The number of nitrogens with one attached hydrogen (secondary N) is 1. The van der Waals surface area contributed by atoms with Gasteiger partial charge in [0.25, 0.3) is 0 Å². The van der Waals surface area contributed by atoms with Crippen LogP contribution >= 0.6 is 0 Å². The highest BCUT2D eigenvalue weighted by atomic mass is 16.3. The highest BCUT2D eigenvalue weighted by Crippen LogP contribution is 2.39. The molecule has 0 radical (unpaired) electrons. The van der Waals surface area contributed by atoms with Gasteiger partial charge in [0.1, 0.15) is 11.5 Å². The number of aromatic hydroxyl groups is 2. The van der Waals surface area contributed by atoms with Gasteiger partial charge in [-0.2, -0.15) is 0 Å². The van der Waals surface area contributed by atoms with Crippen LogP contribution in [0.25, 0.3) is 0 Å². The van der Waals surface area contributed by atoms with Gasteiger partial charge in [-0.05, 0) is 25.0 Å². The number of aliphatic imine (C=N–C) groups is 1. The van der Waals surface area contributed by atoms with Crippen LogP contribution in [0.2, 0.25) is 0 Å². The van der Waals surface area contributed by atoms with Gasteiger partial charge in [0.15, 0.2) is 5.78 Å². The van der Waals surface area contributed by atoms with Crippen LogP contribution in [0.4, 0.5) is 5.69 Å². The van der Waals surface area contributed by atoms with E-state index in [1.807, 2.05) is 0 Å². The third kappa shape index (κ3) is 3.73. The molecule has 0 saturated carbocycles. The summed E-state index contributed by atoms with van der Waals surface area (Å²) in [5.74, 6) is -0.474. The molecule has 5 heteroatoms. The van der Waals surface area contributed by atoms with Crippen molar-refractivity contribution in [2.24, 2.45) is 4.99 Å². The Kier molecular flexibility index (Phi) is 5.79. The van der Waals surface area contributed by atoms with E-state index in [9.17, 15) is 15.0 Å². The van der Waals surface area contributed by atoms with Gasteiger partial charge in [-0.15, -0.1) is 0 Å². The number of nitrogens with zero attached hydrogens (tertiary/aromatic N) is 1. The summed E-state index contributed by atoms with van der Waals surface area (Å²) in [4.78, 5) is 16.5. The lowest BCUT2D eigenvalue weighted by molar-refractivity contribution is 0.104. The molecule has 0 unspecified atom stereocenters. The number of hydrogen-bond acceptors (Lipinski definition) is 5. The molecule has 1 aliphatic carbocycles. The summed E-state index contributed by atoms with van der Waals surface area (Å²) in [6.45, 7) is 5.47. The lowest BCUT2D eigenvalue weighted by Gasteiger charge is -2.19. The Morgan fingerprint density at radius 2 is 1.83 bits per heavy atom. The zero-order chi connectivity index (χ0) is 16.8. The number of fused-ring (bicyclic) bond motifs is 1. The highest BCUT2D eigenvalue weighted by Gasteiger charge is 2.27. The summed E-state index contributed by atoms with van der Waals surface area (Å²) in [5, 5.41) is 23.9. The fraction of sp³-hybridized carbons (Fsp3) is 0.444. The first kappa shape index (κ1) is 17.1. The van der Waals surface area contributed by atoms with Gasteiger partial charge >= 0.3 is 0 Å². The minimum Gasteiger partial charge on any atom is -0.507 e. The maximum Gasteiger partial charge on any atom is 0.190 e. The molecule has 124 valence electrons. The normalized spacial score (nSPS) is 15.0. The minimum absolute atomic E-state index is 0.0261. The molecule has 0 heterocycles. The average molecular weight is 316 g/mol. The van der Waals surface area contributed by atoms with Crippen LogP contribution < -0.4 is 5.32 Å². The Morgan fingerprint density at radius 1 is 1.09 bits per heavy atom. The van der Waals surface area contributed by atoms with E-state index < -0.39 is 0 Å². The second-order valence-electron chi connectivity index (χ2n) is 5.64. The molecule has 0 fully saturated rings. The number of anilines is 1. The average Bonchev–Trinajstić information content (AvgIpc) is 2.53. The number of allylic oxidation sites excluding steroid dienone is 2. The van der Waals surface area contributed by atoms with Crippen molar-refractivity contribution < 1.29 is 15.0 Å². The van der Waals surface area contributed by atoms with Crippen molar-refractivity contribution in [3.05, 3.63) is 29.3 Å². The predicted molar refractivity (Wildman–Crippen MR) is 93.0 cm³/mol. The number of rotatable bonds is 7. The van der Waals surface area contributed by atoms with Crippen molar-refractivity contribution in [3.63, 3.8) is 0 Å². The molecule has 0 saturated heterocycles. The molecular weight excluding hydrogens is 292 g/mol. The van der Waals surface area contributed by atoms with E-state index in [0.717, 1.165) is 25.7 Å². The van der Waals surface area contributed by atoms with E-state index in [1.165, 1.54) is 12.1 Å². The maximum atomic E-state index is 12.1. The van der Waals surface area contributed by atoms with Gasteiger partial charge in [0, 0.05) is 19.2 Å². The highest BCUT2D eigenvalue weighted by molar-refractivity contribution is 6.26. The summed E-state index contributed by atoms with van der Waals surface area (Å²) < 4.78 is 0. The molecule has 2 rings (SSSR count). The summed E-state index contributed by atoms with van der Waals surface area (Å²) >= 11 is 0. The van der Waals surface area contributed by atoms with E-state index in [2.05, 4.69) is 24.2 Å². The Balaban J connectivity index is 2.45. The topological polar surface area (TPSA) is 81.9 Å². The molecular formula is C18H24N2O3. The van der Waals surface area contributed by atoms with Crippen molar-refractivity contribution >= 4 is 17.2 Å². The number of carbonyl (C=O) groups excluding carboxylic acids is 1. The van der Waals surface area contributed by atoms with Gasteiger partial charge in [0.2, 0.25) is 0 Å². The molecule has 1 aromatic rings. The van der Waals surface area contributed by atoms with Crippen molar-refractivity contribution in [2.75, 3.05) is 18.4 Å². The summed E-state index contributed by atoms with van der Waals surface area (Å²) in [5.41, 5.74) is 1.43. The maximum absolute atomic E-state index is 12.1. The zero-order valence-electron chi connectivity index (χ0n) is 13.7. The first-order valence-electron chi connectivity index (χ1n) is 8.20. The van der Waals surface area contributed by atoms with Gasteiger partial charge in [-0.25, -0.2) is 0 Å². The van der Waals surface area contributed by atoms with Crippen LogP contribution in [0.1, 0.15) is 55.5 Å². The van der Waals surface area contributed by atoms with E-state index in [1.54, 1.807) is 6.08 Å². The Bertz CT molecular complexity index is 648. The van der Waals surface area contributed by atoms with Crippen molar-refractivity contribution in [1.29, 1.82) is 0 Å². The molecule has 3 N–H and O–H groups in total. The fourth-order valence-corrected chi connectivity index (χ4v) is 2.50. The molecule has 1 aromatic carbocycles. The zero-order valence-corrected chi connectivity index (χ0v) is 13.7. The quantitative estimate of drug-likeness (QED) is 0.407. The number of carbonyl (C=O) groups is 1. The third-order valence-corrected chi connectivity index (χ3v) is 3.81. The summed E-state index contributed by atoms with van der Waals surface area (Å²) in [6, 6.07) is 1.41. The summed E-state index contributed by atoms with van der Waals surface area (Å²) in [7, 11) is 0. The molecule has 0 aliphatic heterocycles. The summed E-state index contributed by atoms with van der Waals surface area (Å²) in [6.07, 6.45) is 6.92. The van der Waals surface area contributed by atoms with E-state index in [0.29, 0.717) is 30.1 Å². The molecule has 0 aromatic heterocycles. The molecule has 1 aliphatic rings. The van der Waals surface area contributed by atoms with E-state index in [-0.39, 0.29) is 22.8 Å². The second-order valence-corrected chi connectivity index (χ2v) is 5.64. The number of phenols is 2. The monoisotopic (exact) mass is 316 g/mol. The molecule has 0 amide bonds. The van der Waals surface area contributed by atoms with Crippen LogP contribution in [-0.2, 0) is 0 Å². The molecule has 0 spiro atoms. The standard InChI is InChI=1S/C18H24N2O3/c1-3-5-9-19-12-7-8-14(21)17-15(22)11-13(18(23)16(12)17)20-10-6-4-2/h7-8,11,20,22-23H,3-6,9-10H2,1-2H3. The van der Waals surface area contributed by atoms with Crippen molar-refractivity contribution in [3.8, 4) is 11.5 Å². The van der Waals surface area contributed by atoms with Gasteiger partial charge in [0.05, 0.1) is 22.5 Å². The molecule has 5 nitrogen and oxygen atoms in total. The number of benzene rings is 1. The van der Waals surface area contributed by atoms with E-state index >= 15 is 0 Å². The largest absolute Gasteiger partial charge is 0.507 e. The minimum atomic E-state index is -0.317. The number of hydrogen-bond donors (Lipinski definition) is 3. The van der Waals surface area contributed by atoms with Crippen LogP contribution in [0.5, 0.6) is 11.5 Å². The van der Waals surface area contributed by atoms with Gasteiger partial charge in [-0.1, -0.05) is 26.7 Å². The number of ketones is 1. The first-order valence-corrected chi connectivity index (χ1v) is 8.20. The van der Waals surface area contributed by atoms with Gasteiger partial charge < -0.3 is 15.5 Å². The Morgan fingerprint density at radius 3 is 2.52 bits per heavy atom. The van der Waals surface area contributed by atoms with Crippen LogP contribution in [0, 0.1) is 0 Å². The second kappa shape index (κ2) is 7.81. The fourth-order valence-electron chi connectivity index (χ4n) is 2.50. The van der Waals surface area contributed by atoms with Crippen LogP contribution in [0.3, 0.4) is 0 Å². The molecule has 0 bridgehead atoms. The van der Waals surface area contributed by atoms with Crippen molar-refractivity contribution in [2.45, 2.75) is 39.5 Å². The Hall–Kier alpha value is -2.30. The van der Waals surface area contributed by atoms with E-state index in [4.69, 9.17) is 0 Å². The lowest BCUT2D eigenvalue weighted by Crippen LogP contribution is -2.15. The Labute approximate surface area is 136 Å². The van der Waals surface area contributed by atoms with Gasteiger partial charge in [-0.3, -0.25) is 9.79 Å². The number of phenolic OH excluding ortho intramolecular Hbond substituents is 2. The SMILES string of the molecule is CCCCN=C1C=CC(=O)c2c(O)cc(NCCCC)c(O)c21. The molecule has 0 atom stereocenters. The smallest absolute Gasteiger partial charge is 0.190 e. The van der Waals surface area contributed by atoms with Crippen molar-refractivity contribution in [1.82, 2.24) is 0 Å². The molecule has 23 heavy (non-hydrogen) atoms. The third-order valence-electron chi connectivity index (χ3n) is 3.81. The van der Waals surface area contributed by atoms with Crippen LogP contribution in [0.15, 0.2) is 23.2 Å². The predicted octanol–water partition coefficient (Wildman–Crippen LogP) is 3.65.